The van der Waals surface area contributed by atoms with Gasteiger partial charge in [-0.15, -0.1) is 0 Å². The van der Waals surface area contributed by atoms with Crippen molar-refractivity contribution in [1.29, 1.82) is 0 Å². The zero-order valence-electron chi connectivity index (χ0n) is 21.0. The normalized spacial score (nSPS) is 13.2. The van der Waals surface area contributed by atoms with Crippen LogP contribution in [0.1, 0.15) is 59.7 Å². The van der Waals surface area contributed by atoms with Crippen molar-refractivity contribution in [2.24, 2.45) is 5.73 Å². The highest BCUT2D eigenvalue weighted by atomic mass is 32.2. The Hall–Kier alpha value is -3.91. The molecule has 4 aromatic rings. The summed E-state index contributed by atoms with van der Waals surface area (Å²) in [6.07, 6.45) is 1.98. The number of hydrogen-bond acceptors (Lipinski definition) is 5. The number of rotatable bonds is 8. The summed E-state index contributed by atoms with van der Waals surface area (Å²) in [6.45, 7) is 7.15. The maximum Gasteiger partial charge on any atom is 0.248 e. The van der Waals surface area contributed by atoms with Crippen LogP contribution in [0.4, 0.5) is 0 Å². The largest absolute Gasteiger partial charge is 0.454 e. The van der Waals surface area contributed by atoms with Crippen LogP contribution in [0, 0.1) is 0 Å². The zero-order valence-corrected chi connectivity index (χ0v) is 21.8. The third-order valence-corrected chi connectivity index (χ3v) is 7.47. The molecule has 0 radical (unpaired) electrons. The number of primary amides is 1. The van der Waals surface area contributed by atoms with Crippen LogP contribution in [0.5, 0.6) is 11.5 Å². The maximum absolute atomic E-state index is 13.8. The summed E-state index contributed by atoms with van der Waals surface area (Å²) < 4.78 is 16.2. The van der Waals surface area contributed by atoms with E-state index >= 15 is 0 Å². The second-order valence-corrected chi connectivity index (χ2v) is 10.2. The number of benzene rings is 3. The molecule has 1 aliphatic rings. The van der Waals surface area contributed by atoms with Crippen molar-refractivity contribution in [3.8, 4) is 11.5 Å². The van der Waals surface area contributed by atoms with Gasteiger partial charge in [-0.05, 0) is 77.9 Å². The standard InChI is InChI=1S/C29H29N3O4S/c1-4-32-15-23(22-11-7-20(28(30)33)13-24(22)32)27(19-8-12-25-26(14-19)36-16-35-25)29(34)31-37-21-9-5-18(6-10-21)17(2)3/h5-15,17,27H,4,16H2,1-3H3,(H2,30,33)(H,31,34). The van der Waals surface area contributed by atoms with Crippen LogP contribution in [0.25, 0.3) is 10.9 Å². The molecule has 0 bridgehead atoms. The Morgan fingerprint density at radius 3 is 2.43 bits per heavy atom. The van der Waals surface area contributed by atoms with Gasteiger partial charge in [-0.1, -0.05) is 38.1 Å². The van der Waals surface area contributed by atoms with Crippen molar-refractivity contribution < 1.29 is 19.1 Å². The predicted molar refractivity (Wildman–Crippen MR) is 145 cm³/mol. The Bertz CT molecular complexity index is 1480. The van der Waals surface area contributed by atoms with Crippen LogP contribution in [0.3, 0.4) is 0 Å². The van der Waals surface area contributed by atoms with Gasteiger partial charge in [0.1, 0.15) is 0 Å². The highest BCUT2D eigenvalue weighted by Crippen LogP contribution is 2.39. The van der Waals surface area contributed by atoms with Crippen molar-refractivity contribution >= 4 is 34.7 Å². The van der Waals surface area contributed by atoms with Gasteiger partial charge in [0.2, 0.25) is 18.6 Å². The molecule has 1 atom stereocenters. The molecule has 37 heavy (non-hydrogen) atoms. The SMILES string of the molecule is CCn1cc(C(C(=O)NSc2ccc(C(C)C)cc2)c2ccc3c(c2)OCO3)c2ccc(C(N)=O)cc21. The molecule has 5 rings (SSSR count). The van der Waals surface area contributed by atoms with Crippen molar-refractivity contribution in [3.63, 3.8) is 0 Å². The van der Waals surface area contributed by atoms with E-state index in [2.05, 4.69) is 30.7 Å². The van der Waals surface area contributed by atoms with Gasteiger partial charge in [0.25, 0.3) is 0 Å². The number of aromatic nitrogens is 1. The van der Waals surface area contributed by atoms with Crippen LogP contribution in [-0.2, 0) is 11.3 Å². The van der Waals surface area contributed by atoms with E-state index < -0.39 is 11.8 Å². The van der Waals surface area contributed by atoms with Gasteiger partial charge in [0, 0.05) is 34.1 Å². The molecule has 2 amide bonds. The molecule has 2 heterocycles. The lowest BCUT2D eigenvalue weighted by Gasteiger charge is -2.17. The van der Waals surface area contributed by atoms with Crippen molar-refractivity contribution in [3.05, 3.63) is 89.1 Å². The number of nitrogens with one attached hydrogen (secondary N) is 1. The molecule has 0 saturated heterocycles. The van der Waals surface area contributed by atoms with E-state index in [1.54, 1.807) is 12.1 Å². The molecule has 0 spiro atoms. The van der Waals surface area contributed by atoms with Crippen LogP contribution in [-0.4, -0.2) is 23.2 Å². The highest BCUT2D eigenvalue weighted by Gasteiger charge is 2.29. The fourth-order valence-corrected chi connectivity index (χ4v) is 5.23. The molecule has 3 aromatic carbocycles. The predicted octanol–water partition coefficient (Wildman–Crippen LogP) is 5.57. The molecule has 190 valence electrons. The molecule has 8 heteroatoms. The lowest BCUT2D eigenvalue weighted by atomic mass is 9.90. The summed E-state index contributed by atoms with van der Waals surface area (Å²) in [5, 5.41) is 0.885. The quantitative estimate of drug-likeness (QED) is 0.299. The first-order valence-electron chi connectivity index (χ1n) is 12.2. The van der Waals surface area contributed by atoms with Crippen molar-refractivity contribution in [2.75, 3.05) is 6.79 Å². The average molecular weight is 516 g/mol. The second-order valence-electron chi connectivity index (χ2n) is 9.30. The monoisotopic (exact) mass is 515 g/mol. The van der Waals surface area contributed by atoms with E-state index in [1.165, 1.54) is 17.5 Å². The molecule has 1 unspecified atom stereocenters. The van der Waals surface area contributed by atoms with Gasteiger partial charge in [-0.25, -0.2) is 0 Å². The van der Waals surface area contributed by atoms with Gasteiger partial charge in [0.15, 0.2) is 11.5 Å². The molecule has 0 aliphatic carbocycles. The molecule has 7 nitrogen and oxygen atoms in total. The van der Waals surface area contributed by atoms with Crippen LogP contribution in [0.2, 0.25) is 0 Å². The topological polar surface area (TPSA) is 95.6 Å². The molecule has 0 saturated carbocycles. The van der Waals surface area contributed by atoms with Crippen molar-refractivity contribution in [1.82, 2.24) is 9.29 Å². The third kappa shape index (κ3) is 4.89. The molecular weight excluding hydrogens is 486 g/mol. The van der Waals surface area contributed by atoms with Gasteiger partial charge in [-0.2, -0.15) is 0 Å². The summed E-state index contributed by atoms with van der Waals surface area (Å²) in [6, 6.07) is 19.1. The first-order chi connectivity index (χ1) is 17.9. The first kappa shape index (κ1) is 24.8. The minimum atomic E-state index is -0.619. The van der Waals surface area contributed by atoms with E-state index in [-0.39, 0.29) is 12.7 Å². The van der Waals surface area contributed by atoms with Crippen LogP contribution >= 0.6 is 11.9 Å². The van der Waals surface area contributed by atoms with E-state index in [4.69, 9.17) is 15.2 Å². The number of fused-ring (bicyclic) bond motifs is 2. The molecule has 3 N–H and O–H groups in total. The minimum absolute atomic E-state index is 0.156. The zero-order chi connectivity index (χ0) is 26.1. The van der Waals surface area contributed by atoms with Crippen LogP contribution < -0.4 is 19.9 Å². The number of carbonyl (C=O) groups excluding carboxylic acids is 2. The Morgan fingerprint density at radius 1 is 1.00 bits per heavy atom. The van der Waals surface area contributed by atoms with E-state index in [1.807, 2.05) is 54.1 Å². The third-order valence-electron chi connectivity index (χ3n) is 6.66. The lowest BCUT2D eigenvalue weighted by Crippen LogP contribution is -2.25. The lowest BCUT2D eigenvalue weighted by molar-refractivity contribution is -0.119. The van der Waals surface area contributed by atoms with Gasteiger partial charge < -0.3 is 19.8 Å². The summed E-state index contributed by atoms with van der Waals surface area (Å²) in [5.41, 5.74) is 9.68. The fraction of sp³-hybridized carbons (Fsp3) is 0.241. The molecule has 1 aromatic heterocycles. The van der Waals surface area contributed by atoms with Gasteiger partial charge in [-0.3, -0.25) is 14.3 Å². The number of amides is 2. The number of nitrogens with zero attached hydrogens (tertiary/aromatic N) is 1. The van der Waals surface area contributed by atoms with E-state index in [0.29, 0.717) is 29.5 Å². The summed E-state index contributed by atoms with van der Waals surface area (Å²) in [7, 11) is 0. The Morgan fingerprint density at radius 2 is 1.73 bits per heavy atom. The van der Waals surface area contributed by atoms with Crippen molar-refractivity contribution in [2.45, 2.75) is 44.0 Å². The molecular formula is C29H29N3O4S. The van der Waals surface area contributed by atoms with E-state index in [0.717, 1.165) is 26.9 Å². The van der Waals surface area contributed by atoms with E-state index in [9.17, 15) is 9.59 Å². The summed E-state index contributed by atoms with van der Waals surface area (Å²) in [4.78, 5) is 26.6. The second kappa shape index (κ2) is 10.2. The maximum atomic E-state index is 13.8. The highest BCUT2D eigenvalue weighted by molar-refractivity contribution is 7.98. The Balaban J connectivity index is 1.54. The molecule has 1 aliphatic heterocycles. The first-order valence-corrected chi connectivity index (χ1v) is 13.1. The summed E-state index contributed by atoms with van der Waals surface area (Å²) >= 11 is 1.29. The molecule has 0 fully saturated rings. The van der Waals surface area contributed by atoms with Gasteiger partial charge >= 0.3 is 0 Å². The Kier molecular flexibility index (Phi) is 6.84. The fourth-order valence-electron chi connectivity index (χ4n) is 4.62. The average Bonchev–Trinajstić information content (AvgIpc) is 3.52. The Labute approximate surface area is 220 Å². The van der Waals surface area contributed by atoms with Crippen LogP contribution in [0.15, 0.2) is 71.8 Å². The minimum Gasteiger partial charge on any atom is -0.454 e. The van der Waals surface area contributed by atoms with Gasteiger partial charge in [0.05, 0.1) is 5.92 Å². The summed E-state index contributed by atoms with van der Waals surface area (Å²) in [5.74, 6) is 0.442. The number of ether oxygens (including phenoxy) is 2. The number of nitrogens with two attached hydrogens (primary N) is 1. The number of carbonyl (C=O) groups is 2. The number of hydrogen-bond donors (Lipinski definition) is 2. The smallest absolute Gasteiger partial charge is 0.248 e. The number of aryl methyl sites for hydroxylation is 1.